The molecule has 0 saturated carbocycles. The molecule has 0 aliphatic rings. The Hall–Kier alpha value is -1.71. The molecule has 0 spiro atoms. The second-order valence-corrected chi connectivity index (χ2v) is 4.83. The molecule has 1 atom stereocenters. The Bertz CT molecular complexity index is 418. The summed E-state index contributed by atoms with van der Waals surface area (Å²) in [6, 6.07) is 4.71. The van der Waals surface area contributed by atoms with Crippen LogP contribution in [-0.2, 0) is 0 Å². The monoisotopic (exact) mass is 265 g/mol. The van der Waals surface area contributed by atoms with E-state index in [0.717, 1.165) is 12.8 Å². The first-order chi connectivity index (χ1) is 9.04. The zero-order valence-corrected chi connectivity index (χ0v) is 11.7. The quantitative estimate of drug-likeness (QED) is 0.555. The van der Waals surface area contributed by atoms with E-state index in [1.165, 1.54) is 25.3 Å². The van der Waals surface area contributed by atoms with E-state index in [4.69, 9.17) is 15.6 Å². The molecule has 3 N–H and O–H groups in total. The highest BCUT2D eigenvalue weighted by molar-refractivity contribution is 5.93. The van der Waals surface area contributed by atoms with Gasteiger partial charge in [-0.25, -0.2) is 4.79 Å². The fraction of sp³-hybridized carbons (Fsp3) is 0.533. The SMILES string of the molecule is CCCCCC[C@@H](C)Oc1ccc(C(=O)O)c(N)c1. The van der Waals surface area contributed by atoms with Crippen molar-refractivity contribution in [1.29, 1.82) is 0 Å². The number of ether oxygens (including phenoxy) is 1. The molecule has 19 heavy (non-hydrogen) atoms. The standard InChI is InChI=1S/C15H23NO3/c1-3-4-5-6-7-11(2)19-12-8-9-13(15(17)18)14(16)10-12/h8-11H,3-7,16H2,1-2H3,(H,17,18)/t11-/m1/s1. The van der Waals surface area contributed by atoms with Gasteiger partial charge in [0.25, 0.3) is 0 Å². The van der Waals surface area contributed by atoms with Crippen LogP contribution < -0.4 is 10.5 Å². The third-order valence-electron chi connectivity index (χ3n) is 3.05. The maximum absolute atomic E-state index is 10.8. The fourth-order valence-corrected chi connectivity index (χ4v) is 1.96. The van der Waals surface area contributed by atoms with Crippen LogP contribution in [0.3, 0.4) is 0 Å². The molecule has 0 radical (unpaired) electrons. The van der Waals surface area contributed by atoms with Gasteiger partial charge in [0.15, 0.2) is 0 Å². The third kappa shape index (κ3) is 5.20. The van der Waals surface area contributed by atoms with Gasteiger partial charge < -0.3 is 15.6 Å². The predicted octanol–water partition coefficient (Wildman–Crippen LogP) is 3.70. The highest BCUT2D eigenvalue weighted by atomic mass is 16.5. The number of nitrogens with two attached hydrogens (primary N) is 1. The van der Waals surface area contributed by atoms with Crippen molar-refractivity contribution in [1.82, 2.24) is 0 Å². The van der Waals surface area contributed by atoms with Crippen LogP contribution in [0.4, 0.5) is 5.69 Å². The van der Waals surface area contributed by atoms with E-state index >= 15 is 0 Å². The minimum atomic E-state index is -1.02. The summed E-state index contributed by atoms with van der Waals surface area (Å²) in [5, 5.41) is 8.88. The maximum atomic E-state index is 10.8. The molecule has 106 valence electrons. The van der Waals surface area contributed by atoms with E-state index in [1.807, 2.05) is 6.92 Å². The Kier molecular flexibility index (Phi) is 6.19. The van der Waals surface area contributed by atoms with Gasteiger partial charge >= 0.3 is 5.97 Å². The molecular formula is C15H23NO3. The minimum absolute atomic E-state index is 0.114. The molecule has 1 aromatic carbocycles. The van der Waals surface area contributed by atoms with Gasteiger partial charge in [0.2, 0.25) is 0 Å². The van der Waals surface area contributed by atoms with E-state index in [0.29, 0.717) is 5.75 Å². The molecule has 0 heterocycles. The van der Waals surface area contributed by atoms with Gasteiger partial charge in [-0.1, -0.05) is 26.2 Å². The lowest BCUT2D eigenvalue weighted by atomic mass is 10.1. The number of aromatic carboxylic acids is 1. The fourth-order valence-electron chi connectivity index (χ4n) is 1.96. The van der Waals surface area contributed by atoms with Crippen LogP contribution in [0.1, 0.15) is 56.3 Å². The summed E-state index contributed by atoms with van der Waals surface area (Å²) in [6.45, 7) is 4.21. The number of nitrogen functional groups attached to an aromatic ring is 1. The second kappa shape index (κ2) is 7.67. The smallest absolute Gasteiger partial charge is 0.337 e. The lowest BCUT2D eigenvalue weighted by molar-refractivity contribution is 0.0698. The Morgan fingerprint density at radius 2 is 2.11 bits per heavy atom. The first kappa shape index (κ1) is 15.3. The molecule has 1 aromatic rings. The number of carboxylic acids is 1. The molecule has 0 unspecified atom stereocenters. The first-order valence-corrected chi connectivity index (χ1v) is 6.84. The van der Waals surface area contributed by atoms with Crippen molar-refractivity contribution in [2.24, 2.45) is 0 Å². The van der Waals surface area contributed by atoms with Gasteiger partial charge in [0.05, 0.1) is 11.7 Å². The molecule has 0 aliphatic heterocycles. The van der Waals surface area contributed by atoms with Crippen molar-refractivity contribution >= 4 is 11.7 Å². The first-order valence-electron chi connectivity index (χ1n) is 6.84. The largest absolute Gasteiger partial charge is 0.491 e. The average molecular weight is 265 g/mol. The van der Waals surface area contributed by atoms with Gasteiger partial charge in [0, 0.05) is 11.8 Å². The number of carboxylic acid groups (broad SMARTS) is 1. The van der Waals surface area contributed by atoms with Crippen LogP contribution in [0.2, 0.25) is 0 Å². The Labute approximate surface area is 114 Å². The topological polar surface area (TPSA) is 72.5 Å². The number of hydrogen-bond donors (Lipinski definition) is 2. The van der Waals surface area contributed by atoms with Crippen molar-refractivity contribution in [3.05, 3.63) is 23.8 Å². The van der Waals surface area contributed by atoms with Crippen molar-refractivity contribution < 1.29 is 14.6 Å². The van der Waals surface area contributed by atoms with Crippen molar-refractivity contribution in [3.63, 3.8) is 0 Å². The van der Waals surface area contributed by atoms with Crippen molar-refractivity contribution in [2.75, 3.05) is 5.73 Å². The van der Waals surface area contributed by atoms with Crippen LogP contribution in [-0.4, -0.2) is 17.2 Å². The molecular weight excluding hydrogens is 242 g/mol. The minimum Gasteiger partial charge on any atom is -0.491 e. The van der Waals surface area contributed by atoms with E-state index in [2.05, 4.69) is 6.92 Å². The van der Waals surface area contributed by atoms with Gasteiger partial charge in [-0.15, -0.1) is 0 Å². The molecule has 4 nitrogen and oxygen atoms in total. The maximum Gasteiger partial charge on any atom is 0.337 e. The van der Waals surface area contributed by atoms with E-state index in [9.17, 15) is 4.79 Å². The Balaban J connectivity index is 2.48. The number of anilines is 1. The number of carbonyl (C=O) groups is 1. The number of rotatable bonds is 8. The highest BCUT2D eigenvalue weighted by Crippen LogP contribution is 2.22. The zero-order chi connectivity index (χ0) is 14.3. The summed E-state index contributed by atoms with van der Waals surface area (Å²) in [5.74, 6) is -0.387. The number of benzene rings is 1. The molecule has 1 rings (SSSR count). The van der Waals surface area contributed by atoms with Crippen molar-refractivity contribution in [3.8, 4) is 5.75 Å². The average Bonchev–Trinajstić information content (AvgIpc) is 2.34. The Morgan fingerprint density at radius 3 is 2.68 bits per heavy atom. The summed E-state index contributed by atoms with van der Waals surface area (Å²) in [6.07, 6.45) is 5.98. The summed E-state index contributed by atoms with van der Waals surface area (Å²) in [4.78, 5) is 10.8. The molecule has 4 heteroatoms. The number of unbranched alkanes of at least 4 members (excludes halogenated alkanes) is 3. The van der Waals surface area contributed by atoms with Crippen molar-refractivity contribution in [2.45, 2.75) is 52.1 Å². The normalized spacial score (nSPS) is 12.1. The molecule has 0 aromatic heterocycles. The van der Waals surface area contributed by atoms with Crippen LogP contribution in [0, 0.1) is 0 Å². The van der Waals surface area contributed by atoms with Crippen LogP contribution in [0.25, 0.3) is 0 Å². The number of hydrogen-bond acceptors (Lipinski definition) is 3. The van der Waals surface area contributed by atoms with E-state index < -0.39 is 5.97 Å². The van der Waals surface area contributed by atoms with Crippen LogP contribution >= 0.6 is 0 Å². The Morgan fingerprint density at radius 1 is 1.37 bits per heavy atom. The van der Waals surface area contributed by atoms with Gasteiger partial charge in [0.1, 0.15) is 5.75 Å². The predicted molar refractivity (Wildman–Crippen MR) is 76.7 cm³/mol. The van der Waals surface area contributed by atoms with Gasteiger partial charge in [-0.2, -0.15) is 0 Å². The molecule has 0 fully saturated rings. The summed E-state index contributed by atoms with van der Waals surface area (Å²) in [5.41, 5.74) is 6.03. The van der Waals surface area contributed by atoms with Gasteiger partial charge in [-0.05, 0) is 31.9 Å². The van der Waals surface area contributed by atoms with Gasteiger partial charge in [-0.3, -0.25) is 0 Å². The highest BCUT2D eigenvalue weighted by Gasteiger charge is 2.10. The summed E-state index contributed by atoms with van der Waals surface area (Å²) >= 11 is 0. The van der Waals surface area contributed by atoms with Crippen LogP contribution in [0.5, 0.6) is 5.75 Å². The van der Waals surface area contributed by atoms with E-state index in [1.54, 1.807) is 12.1 Å². The summed E-state index contributed by atoms with van der Waals surface area (Å²) < 4.78 is 5.74. The zero-order valence-electron chi connectivity index (χ0n) is 11.7. The second-order valence-electron chi connectivity index (χ2n) is 4.83. The van der Waals surface area contributed by atoms with E-state index in [-0.39, 0.29) is 17.4 Å². The lowest BCUT2D eigenvalue weighted by Gasteiger charge is -2.15. The third-order valence-corrected chi connectivity index (χ3v) is 3.05. The molecule has 0 aliphatic carbocycles. The van der Waals surface area contributed by atoms with Crippen LogP contribution in [0.15, 0.2) is 18.2 Å². The molecule has 0 saturated heterocycles. The summed E-state index contributed by atoms with van der Waals surface area (Å²) in [7, 11) is 0. The molecule has 0 bridgehead atoms. The molecule has 0 amide bonds. The lowest BCUT2D eigenvalue weighted by Crippen LogP contribution is -2.12.